The van der Waals surface area contributed by atoms with E-state index < -0.39 is 46.8 Å². The summed E-state index contributed by atoms with van der Waals surface area (Å²) in [5.41, 5.74) is -3.68. The molecular weight excluding hydrogens is 530 g/mol. The summed E-state index contributed by atoms with van der Waals surface area (Å²) >= 11 is 0. The molecule has 2 spiro atoms. The van der Waals surface area contributed by atoms with Gasteiger partial charge in [-0.25, -0.2) is 6.21 Å². The number of allylic oxidation sites excluding steroid dienone is 1. The van der Waals surface area contributed by atoms with Crippen molar-refractivity contribution in [2.24, 2.45) is 56.2 Å². The SMILES string of the molecule is C=C[C@@]12CC[C@@H]3[C@]4(CC[C@]5(C)C6[C@H](C)C[C@H]([C@H](OC(C)=O)C(C)(C)O)O[C@@H]6C(=O)[C@@]35C=[N-])[C@H](C)[C@@]41CC[C@H](O)C2(C)C. The van der Waals surface area contributed by atoms with Gasteiger partial charge in [-0.15, -0.1) is 6.58 Å². The third kappa shape index (κ3) is 3.02. The molecule has 5 aliphatic carbocycles. The average molecular weight is 583 g/mol. The lowest BCUT2D eigenvalue weighted by Crippen LogP contribution is -2.64. The fourth-order valence-corrected chi connectivity index (χ4v) is 13.4. The molecule has 6 aliphatic rings. The number of nitrogens with zero attached hydrogens (tertiary/aromatic N) is 1. The number of aliphatic hydroxyl groups excluding tert-OH is 1. The van der Waals surface area contributed by atoms with Crippen molar-refractivity contribution >= 4 is 18.0 Å². The van der Waals surface area contributed by atoms with Gasteiger partial charge in [0, 0.05) is 29.1 Å². The van der Waals surface area contributed by atoms with Gasteiger partial charge in [-0.2, -0.15) is 0 Å². The highest BCUT2D eigenvalue weighted by Crippen LogP contribution is 2.94. The second-order valence-electron chi connectivity index (χ2n) is 16.6. The Morgan fingerprint density at radius 2 is 1.83 bits per heavy atom. The van der Waals surface area contributed by atoms with Crippen LogP contribution in [0.15, 0.2) is 12.7 Å². The second-order valence-corrected chi connectivity index (χ2v) is 16.6. The summed E-state index contributed by atoms with van der Waals surface area (Å²) in [4.78, 5) is 27.0. The van der Waals surface area contributed by atoms with Gasteiger partial charge in [0.2, 0.25) is 0 Å². The highest BCUT2D eigenvalue weighted by atomic mass is 16.6. The molecule has 234 valence electrons. The number of fused-ring (bicyclic) bond motifs is 4. The molecule has 0 aromatic rings. The fourth-order valence-electron chi connectivity index (χ4n) is 13.4. The third-order valence-corrected chi connectivity index (χ3v) is 15.0. The van der Waals surface area contributed by atoms with Crippen LogP contribution in [0.1, 0.15) is 100 Å². The van der Waals surface area contributed by atoms with Crippen molar-refractivity contribution in [2.75, 3.05) is 0 Å². The predicted molar refractivity (Wildman–Crippen MR) is 160 cm³/mol. The predicted octanol–water partition coefficient (Wildman–Crippen LogP) is 5.49. The van der Waals surface area contributed by atoms with Gasteiger partial charge in [-0.3, -0.25) is 9.59 Å². The Kier molecular flexibility index (Phi) is 6.37. The number of ether oxygens (including phenoxy) is 2. The third-order valence-electron chi connectivity index (χ3n) is 15.0. The number of aliphatic hydroxyl groups is 2. The molecule has 7 heteroatoms. The molecule has 0 amide bonds. The molecule has 1 aliphatic heterocycles. The van der Waals surface area contributed by atoms with Crippen molar-refractivity contribution in [3.8, 4) is 0 Å². The number of rotatable bonds is 5. The summed E-state index contributed by atoms with van der Waals surface area (Å²) in [5.74, 6) is -0.275. The zero-order chi connectivity index (χ0) is 31.1. The normalized spacial score (nSPS) is 52.9. The topological polar surface area (TPSA) is 115 Å². The molecule has 1 unspecified atom stereocenters. The summed E-state index contributed by atoms with van der Waals surface area (Å²) in [5, 5.41) is 33.6. The number of carbonyl (C=O) groups excluding carboxylic acids is 2. The van der Waals surface area contributed by atoms with Crippen LogP contribution in [0, 0.1) is 56.2 Å². The summed E-state index contributed by atoms with van der Waals surface area (Å²) < 4.78 is 12.2. The Labute approximate surface area is 251 Å². The van der Waals surface area contributed by atoms with Crippen molar-refractivity contribution in [2.45, 2.75) is 130 Å². The van der Waals surface area contributed by atoms with E-state index in [0.29, 0.717) is 12.3 Å². The van der Waals surface area contributed by atoms with E-state index in [9.17, 15) is 25.2 Å². The maximum Gasteiger partial charge on any atom is 0.303 e. The maximum absolute atomic E-state index is 15.0. The molecule has 0 bridgehead atoms. The Morgan fingerprint density at radius 1 is 1.17 bits per heavy atom. The van der Waals surface area contributed by atoms with Gasteiger partial charge in [0.1, 0.15) is 6.10 Å². The van der Waals surface area contributed by atoms with Gasteiger partial charge in [0.05, 0.1) is 17.8 Å². The number of hydrogen-bond acceptors (Lipinski definition) is 6. The van der Waals surface area contributed by atoms with E-state index in [-0.39, 0.29) is 45.2 Å². The minimum Gasteiger partial charge on any atom is -0.813 e. The second kappa shape index (κ2) is 8.78. The first-order valence-corrected chi connectivity index (χ1v) is 16.3. The molecule has 0 aromatic carbocycles. The zero-order valence-electron chi connectivity index (χ0n) is 26.9. The number of esters is 1. The number of Topliss-reactive ketones (excluding diaryl/α,β-unsaturated/α-hetero) is 1. The van der Waals surface area contributed by atoms with Crippen molar-refractivity contribution in [1.29, 1.82) is 0 Å². The minimum absolute atomic E-state index is 0.0335. The van der Waals surface area contributed by atoms with Crippen LogP contribution in [-0.2, 0) is 19.1 Å². The zero-order valence-corrected chi connectivity index (χ0v) is 26.9. The Morgan fingerprint density at radius 3 is 2.40 bits per heavy atom. The molecule has 0 aromatic heterocycles. The fraction of sp³-hybridized carbons (Fsp3) is 0.857. The molecule has 42 heavy (non-hydrogen) atoms. The highest BCUT2D eigenvalue weighted by Gasteiger charge is 2.91. The average Bonchev–Trinajstić information content (AvgIpc) is 3.37. The summed E-state index contributed by atoms with van der Waals surface area (Å²) in [6.07, 6.45) is 6.34. The van der Waals surface area contributed by atoms with Crippen LogP contribution < -0.4 is 0 Å². The molecule has 13 atom stereocenters. The molecule has 1 heterocycles. The minimum atomic E-state index is -1.35. The lowest BCUT2D eigenvalue weighted by molar-refractivity contribution is -0.209. The molecule has 5 saturated carbocycles. The monoisotopic (exact) mass is 582 g/mol. The molecule has 0 radical (unpaired) electrons. The largest absolute Gasteiger partial charge is 0.813 e. The first kappa shape index (κ1) is 30.5. The van der Waals surface area contributed by atoms with E-state index in [2.05, 4.69) is 47.3 Å². The quantitative estimate of drug-likeness (QED) is 0.252. The molecule has 6 rings (SSSR count). The van der Waals surface area contributed by atoms with E-state index in [1.54, 1.807) is 13.8 Å². The molecule has 6 fully saturated rings. The Balaban J connectivity index is 1.44. The van der Waals surface area contributed by atoms with Crippen LogP contribution in [-0.4, -0.2) is 58.2 Å². The highest BCUT2D eigenvalue weighted by molar-refractivity contribution is 6.07. The first-order valence-electron chi connectivity index (χ1n) is 16.3. The maximum atomic E-state index is 15.0. The van der Waals surface area contributed by atoms with Gasteiger partial charge in [0.25, 0.3) is 0 Å². The molecule has 2 N–H and O–H groups in total. The lowest BCUT2D eigenvalue weighted by atomic mass is 9.37. The summed E-state index contributed by atoms with van der Waals surface area (Å²) in [6, 6.07) is 0. The van der Waals surface area contributed by atoms with E-state index in [4.69, 9.17) is 9.47 Å². The van der Waals surface area contributed by atoms with Gasteiger partial charge >= 0.3 is 5.97 Å². The Bertz CT molecular complexity index is 1220. The van der Waals surface area contributed by atoms with Gasteiger partial charge in [-0.05, 0) is 92.8 Å². The van der Waals surface area contributed by atoms with Crippen LogP contribution in [0.3, 0.4) is 0 Å². The summed E-state index contributed by atoms with van der Waals surface area (Å²) in [6.45, 7) is 20.0. The van der Waals surface area contributed by atoms with Crippen LogP contribution in [0.2, 0.25) is 0 Å². The number of ketones is 1. The van der Waals surface area contributed by atoms with E-state index >= 15 is 0 Å². The smallest absolute Gasteiger partial charge is 0.303 e. The van der Waals surface area contributed by atoms with Crippen molar-refractivity contribution in [3.63, 3.8) is 0 Å². The lowest BCUT2D eigenvalue weighted by Gasteiger charge is -2.66. The van der Waals surface area contributed by atoms with Crippen molar-refractivity contribution in [3.05, 3.63) is 18.1 Å². The number of hydrogen-bond donors (Lipinski definition) is 2. The molecular formula is C35H52NO6-. The van der Waals surface area contributed by atoms with Crippen LogP contribution in [0.4, 0.5) is 0 Å². The van der Waals surface area contributed by atoms with Crippen molar-refractivity contribution in [1.82, 2.24) is 0 Å². The van der Waals surface area contributed by atoms with E-state index in [0.717, 1.165) is 38.5 Å². The van der Waals surface area contributed by atoms with Gasteiger partial charge < -0.3 is 25.1 Å². The van der Waals surface area contributed by atoms with Crippen LogP contribution in [0.5, 0.6) is 0 Å². The first-order chi connectivity index (χ1) is 19.4. The van der Waals surface area contributed by atoms with Gasteiger partial charge in [-0.1, -0.05) is 40.7 Å². The van der Waals surface area contributed by atoms with Crippen LogP contribution in [0.25, 0.3) is 5.41 Å². The number of carbonyl (C=O) groups is 2. The van der Waals surface area contributed by atoms with E-state index in [1.165, 1.54) is 13.1 Å². The Hall–Kier alpha value is -1.57. The van der Waals surface area contributed by atoms with Crippen molar-refractivity contribution < 1.29 is 29.3 Å². The standard InChI is InChI=1S/C35H52NO6/c1-10-32-13-11-23-33(20(3)35(32,33)14-12-24(38)29(32,5)6)16-15-31(9)25-19(2)17-22(28(30(7,8)40)41-21(4)37)42-26(25)27(39)34(23,31)18-36/h10,18-20,22-26,28,38,40H,1,11-17H2,2-9H3/q-1/t19-,20+,22-,23-,24+,25?,26+,28+,31-,32+,33+,34-,35-/m1/s1. The summed E-state index contributed by atoms with van der Waals surface area (Å²) in [7, 11) is 0. The van der Waals surface area contributed by atoms with E-state index in [1.807, 2.05) is 0 Å². The molecule has 7 nitrogen and oxygen atoms in total. The molecule has 1 saturated heterocycles. The van der Waals surface area contributed by atoms with Gasteiger partial charge in [0.15, 0.2) is 11.9 Å². The van der Waals surface area contributed by atoms with Crippen LogP contribution >= 0.6 is 0 Å².